The number of rotatable bonds is 3. The number of benzene rings is 1. The second-order valence-electron chi connectivity index (χ2n) is 6.57. The van der Waals surface area contributed by atoms with E-state index in [0.29, 0.717) is 5.82 Å². The molecule has 2 aromatic heterocycles. The number of carbonyl (C=O) groups is 1. The maximum atomic E-state index is 12.1. The van der Waals surface area contributed by atoms with Crippen LogP contribution in [0, 0.1) is 0 Å². The average molecular weight is 372 g/mol. The highest BCUT2D eigenvalue weighted by molar-refractivity contribution is 6.28. The summed E-state index contributed by atoms with van der Waals surface area (Å²) in [5, 5.41) is 7.42. The fraction of sp³-hybridized carbons (Fsp3) is 0.222. The van der Waals surface area contributed by atoms with E-state index < -0.39 is 11.7 Å². The summed E-state index contributed by atoms with van der Waals surface area (Å²) in [4.78, 5) is 20.0. The number of carbonyl (C=O) groups excluding carboxylic acids is 1. The summed E-state index contributed by atoms with van der Waals surface area (Å²) in [6, 6.07) is 9.36. The molecule has 0 radical (unpaired) electrons. The number of halogens is 1. The van der Waals surface area contributed by atoms with Crippen LogP contribution in [0.4, 0.5) is 16.3 Å². The molecule has 3 aromatic rings. The molecule has 0 spiro atoms. The minimum absolute atomic E-state index is 0.171. The molecule has 0 atom stereocenters. The van der Waals surface area contributed by atoms with Gasteiger partial charge in [-0.2, -0.15) is 9.78 Å². The van der Waals surface area contributed by atoms with Crippen molar-refractivity contribution in [3.05, 3.63) is 54.2 Å². The van der Waals surface area contributed by atoms with Crippen molar-refractivity contribution in [2.45, 2.75) is 26.4 Å². The molecule has 1 aromatic carbocycles. The van der Waals surface area contributed by atoms with Crippen molar-refractivity contribution in [2.24, 2.45) is 0 Å². The van der Waals surface area contributed by atoms with Crippen LogP contribution in [0.25, 0.3) is 11.1 Å². The molecule has 0 saturated heterocycles. The lowest BCUT2D eigenvalue weighted by molar-refractivity contribution is 0.0514. The highest BCUT2D eigenvalue weighted by Crippen LogP contribution is 2.24. The summed E-state index contributed by atoms with van der Waals surface area (Å²) < 4.78 is 6.49. The van der Waals surface area contributed by atoms with Gasteiger partial charge >= 0.3 is 6.09 Å². The molecule has 0 aliphatic heterocycles. The highest BCUT2D eigenvalue weighted by atomic mass is 35.5. The third kappa shape index (κ3) is 4.58. The van der Waals surface area contributed by atoms with Gasteiger partial charge in [0.2, 0.25) is 5.28 Å². The minimum Gasteiger partial charge on any atom is -0.442 e. The third-order valence-corrected chi connectivity index (χ3v) is 3.44. The Morgan fingerprint density at radius 3 is 2.77 bits per heavy atom. The number of hydrogen-bond acceptors (Lipinski definition) is 6. The van der Waals surface area contributed by atoms with Crippen LogP contribution in [-0.4, -0.2) is 31.4 Å². The zero-order valence-corrected chi connectivity index (χ0v) is 15.4. The predicted molar refractivity (Wildman–Crippen MR) is 99.6 cm³/mol. The van der Waals surface area contributed by atoms with Crippen LogP contribution < -0.4 is 5.32 Å². The van der Waals surface area contributed by atoms with Crippen LogP contribution in [0.2, 0.25) is 5.28 Å². The zero-order valence-electron chi connectivity index (χ0n) is 14.6. The number of aromatic nitrogens is 4. The second-order valence-corrected chi connectivity index (χ2v) is 6.91. The largest absolute Gasteiger partial charge is 0.442 e. The van der Waals surface area contributed by atoms with Crippen molar-refractivity contribution in [2.75, 3.05) is 5.32 Å². The lowest BCUT2D eigenvalue weighted by atomic mass is 10.1. The average Bonchev–Trinajstić information content (AvgIpc) is 3.04. The second kappa shape index (κ2) is 7.13. The van der Waals surface area contributed by atoms with Crippen LogP contribution >= 0.6 is 11.6 Å². The molecule has 8 heteroatoms. The molecule has 7 nitrogen and oxygen atoms in total. The molecule has 0 aliphatic rings. The summed E-state index contributed by atoms with van der Waals surface area (Å²) in [6.07, 6.45) is 4.31. The van der Waals surface area contributed by atoms with Crippen LogP contribution in [0.1, 0.15) is 20.8 Å². The van der Waals surface area contributed by atoms with E-state index in [4.69, 9.17) is 16.3 Å². The van der Waals surface area contributed by atoms with Gasteiger partial charge in [0.1, 0.15) is 11.4 Å². The van der Waals surface area contributed by atoms with E-state index >= 15 is 0 Å². The molecule has 134 valence electrons. The number of ether oxygens (including phenoxy) is 1. The quantitative estimate of drug-likeness (QED) is 0.681. The molecular formula is C18H18ClN5O2. The number of nitrogens with zero attached hydrogens (tertiary/aromatic N) is 4. The van der Waals surface area contributed by atoms with Crippen LogP contribution in [0.5, 0.6) is 0 Å². The van der Waals surface area contributed by atoms with Crippen molar-refractivity contribution in [3.63, 3.8) is 0 Å². The normalized spacial score (nSPS) is 11.2. The molecule has 3 rings (SSSR count). The lowest BCUT2D eigenvalue weighted by Crippen LogP contribution is -2.27. The van der Waals surface area contributed by atoms with Gasteiger partial charge < -0.3 is 10.1 Å². The smallest absolute Gasteiger partial charge is 0.435 e. The molecule has 0 aliphatic carbocycles. The maximum Gasteiger partial charge on any atom is 0.435 e. The van der Waals surface area contributed by atoms with Crippen molar-refractivity contribution >= 4 is 29.2 Å². The molecule has 0 amide bonds. The van der Waals surface area contributed by atoms with Gasteiger partial charge in [0.25, 0.3) is 0 Å². The first-order valence-corrected chi connectivity index (χ1v) is 8.32. The Morgan fingerprint density at radius 2 is 2.04 bits per heavy atom. The van der Waals surface area contributed by atoms with Gasteiger partial charge in [-0.15, -0.1) is 0 Å². The van der Waals surface area contributed by atoms with Gasteiger partial charge in [-0.1, -0.05) is 12.1 Å². The highest BCUT2D eigenvalue weighted by Gasteiger charge is 2.18. The summed E-state index contributed by atoms with van der Waals surface area (Å²) in [6.45, 7) is 5.43. The van der Waals surface area contributed by atoms with Crippen LogP contribution in [0.3, 0.4) is 0 Å². The van der Waals surface area contributed by atoms with Crippen molar-refractivity contribution in [1.82, 2.24) is 19.7 Å². The van der Waals surface area contributed by atoms with E-state index in [1.54, 1.807) is 24.7 Å². The molecule has 2 heterocycles. The Kier molecular flexibility index (Phi) is 4.90. The van der Waals surface area contributed by atoms with E-state index in [9.17, 15) is 4.79 Å². The van der Waals surface area contributed by atoms with Crippen molar-refractivity contribution < 1.29 is 9.53 Å². The maximum absolute atomic E-state index is 12.1. The first-order valence-electron chi connectivity index (χ1n) is 7.94. The Bertz CT molecular complexity index is 933. The monoisotopic (exact) mass is 371 g/mol. The Hall–Kier alpha value is -2.93. The van der Waals surface area contributed by atoms with Gasteiger partial charge in [-0.25, -0.2) is 14.8 Å². The third-order valence-electron chi connectivity index (χ3n) is 3.26. The van der Waals surface area contributed by atoms with Gasteiger partial charge in [0.05, 0.1) is 6.20 Å². The fourth-order valence-electron chi connectivity index (χ4n) is 2.21. The minimum atomic E-state index is -0.578. The Morgan fingerprint density at radius 1 is 1.23 bits per heavy atom. The fourth-order valence-corrected chi connectivity index (χ4v) is 2.36. The number of nitrogens with one attached hydrogen (secondary N) is 1. The first-order chi connectivity index (χ1) is 12.3. The molecule has 1 N–H and O–H groups in total. The van der Waals surface area contributed by atoms with Gasteiger partial charge in [-0.05, 0) is 56.1 Å². The molecule has 0 unspecified atom stereocenters. The molecule has 26 heavy (non-hydrogen) atoms. The van der Waals surface area contributed by atoms with Crippen molar-refractivity contribution in [1.29, 1.82) is 0 Å². The Balaban J connectivity index is 1.79. The van der Waals surface area contributed by atoms with E-state index in [-0.39, 0.29) is 5.28 Å². The van der Waals surface area contributed by atoms with Crippen LogP contribution in [0.15, 0.2) is 48.9 Å². The van der Waals surface area contributed by atoms with Crippen molar-refractivity contribution in [3.8, 4) is 11.1 Å². The molecular weight excluding hydrogens is 354 g/mol. The van der Waals surface area contributed by atoms with E-state index in [0.717, 1.165) is 16.8 Å². The van der Waals surface area contributed by atoms with Crippen LogP contribution in [-0.2, 0) is 4.74 Å². The zero-order chi connectivity index (χ0) is 18.7. The molecule has 0 bridgehead atoms. The summed E-state index contributed by atoms with van der Waals surface area (Å²) in [5.74, 6) is 0.589. The summed E-state index contributed by atoms with van der Waals surface area (Å²) in [5.41, 5.74) is 1.93. The summed E-state index contributed by atoms with van der Waals surface area (Å²) >= 11 is 5.80. The topological polar surface area (TPSA) is 81.9 Å². The molecule has 0 saturated carbocycles. The van der Waals surface area contributed by atoms with Gasteiger partial charge in [-0.3, -0.25) is 0 Å². The first kappa shape index (κ1) is 17.9. The summed E-state index contributed by atoms with van der Waals surface area (Å²) in [7, 11) is 0. The lowest BCUT2D eigenvalue weighted by Gasteiger charge is -2.18. The number of hydrogen-bond donors (Lipinski definition) is 1. The van der Waals surface area contributed by atoms with Gasteiger partial charge in [0, 0.05) is 23.6 Å². The Labute approximate surface area is 156 Å². The predicted octanol–water partition coefficient (Wildman–Crippen LogP) is 4.52. The van der Waals surface area contributed by atoms with Gasteiger partial charge in [0.15, 0.2) is 0 Å². The van der Waals surface area contributed by atoms with E-state index in [1.807, 2.05) is 45.0 Å². The molecule has 0 fully saturated rings. The number of anilines is 2. The standard InChI is InChI=1S/C18H18ClN5O2/c1-18(2,3)26-17(25)24-11-13(10-21-24)12-5-4-6-14(9-12)22-15-7-8-20-16(19)23-15/h4-11H,1-3H3,(H,20,22,23). The SMILES string of the molecule is CC(C)(C)OC(=O)n1cc(-c2cccc(Nc3ccnc(Cl)n3)c2)cn1. The van der Waals surface area contributed by atoms with E-state index in [2.05, 4.69) is 20.4 Å². The van der Waals surface area contributed by atoms with E-state index in [1.165, 1.54) is 4.68 Å².